The molecule has 1 aliphatic rings. The molecule has 1 aromatic carbocycles. The van der Waals surface area contributed by atoms with Gasteiger partial charge in [-0.15, -0.1) is 5.10 Å². The molecule has 1 fully saturated rings. The van der Waals surface area contributed by atoms with Crippen LogP contribution in [0.2, 0.25) is 0 Å². The van der Waals surface area contributed by atoms with Crippen molar-refractivity contribution in [3.05, 3.63) is 28.1 Å². The fourth-order valence-corrected chi connectivity index (χ4v) is 2.86. The number of benzene rings is 1. The third-order valence-corrected chi connectivity index (χ3v) is 4.14. The number of nitrogen functional groups attached to an aromatic ring is 1. The SMILES string of the molecule is Nc1ccc(-n2nc(N3CCC(O)CC3)nc2I)cc1. The smallest absolute Gasteiger partial charge is 0.246 e. The molecule has 106 valence electrons. The summed E-state index contributed by atoms with van der Waals surface area (Å²) in [7, 11) is 0. The average molecular weight is 385 g/mol. The predicted molar refractivity (Wildman–Crippen MR) is 85.9 cm³/mol. The number of anilines is 2. The summed E-state index contributed by atoms with van der Waals surface area (Å²) >= 11 is 2.18. The van der Waals surface area contributed by atoms with Crippen LogP contribution in [0.1, 0.15) is 12.8 Å². The highest BCUT2D eigenvalue weighted by molar-refractivity contribution is 14.1. The Hall–Kier alpha value is -1.35. The molecule has 2 heterocycles. The quantitative estimate of drug-likeness (QED) is 0.604. The Balaban J connectivity index is 1.85. The van der Waals surface area contributed by atoms with Crippen LogP contribution in [0.3, 0.4) is 0 Å². The van der Waals surface area contributed by atoms with Crippen LogP contribution < -0.4 is 10.6 Å². The lowest BCUT2D eigenvalue weighted by Crippen LogP contribution is -2.36. The molecule has 0 unspecified atom stereocenters. The van der Waals surface area contributed by atoms with E-state index in [1.165, 1.54) is 0 Å². The first-order chi connectivity index (χ1) is 9.63. The Labute approximate surface area is 130 Å². The van der Waals surface area contributed by atoms with Crippen LogP contribution in [-0.4, -0.2) is 39.1 Å². The molecule has 3 N–H and O–H groups in total. The number of nitrogens with two attached hydrogens (primary N) is 1. The largest absolute Gasteiger partial charge is 0.399 e. The van der Waals surface area contributed by atoms with Crippen molar-refractivity contribution in [2.75, 3.05) is 23.7 Å². The number of aromatic nitrogens is 3. The van der Waals surface area contributed by atoms with Crippen LogP contribution >= 0.6 is 22.6 Å². The number of halogens is 1. The van der Waals surface area contributed by atoms with Gasteiger partial charge in [0.2, 0.25) is 5.95 Å². The van der Waals surface area contributed by atoms with Crippen molar-refractivity contribution in [2.45, 2.75) is 18.9 Å². The minimum Gasteiger partial charge on any atom is -0.399 e. The van der Waals surface area contributed by atoms with Crippen molar-refractivity contribution in [3.8, 4) is 5.69 Å². The summed E-state index contributed by atoms with van der Waals surface area (Å²) in [6, 6.07) is 7.56. The summed E-state index contributed by atoms with van der Waals surface area (Å²) in [6.07, 6.45) is 1.35. The first-order valence-corrected chi connectivity index (χ1v) is 7.63. The highest BCUT2D eigenvalue weighted by atomic mass is 127. The van der Waals surface area contributed by atoms with Crippen molar-refractivity contribution in [1.82, 2.24) is 14.8 Å². The maximum atomic E-state index is 9.55. The van der Waals surface area contributed by atoms with Crippen molar-refractivity contribution < 1.29 is 5.11 Å². The number of rotatable bonds is 2. The van der Waals surface area contributed by atoms with Gasteiger partial charge in [-0.05, 0) is 37.1 Å². The monoisotopic (exact) mass is 385 g/mol. The average Bonchev–Trinajstić information content (AvgIpc) is 2.82. The van der Waals surface area contributed by atoms with Gasteiger partial charge in [0.15, 0.2) is 3.83 Å². The number of nitrogens with zero attached hydrogens (tertiary/aromatic N) is 4. The topological polar surface area (TPSA) is 80.2 Å². The predicted octanol–water partition coefficient (Wildman–Crippen LogP) is 1.42. The molecule has 0 radical (unpaired) electrons. The normalized spacial score (nSPS) is 16.6. The third-order valence-electron chi connectivity index (χ3n) is 3.44. The van der Waals surface area contributed by atoms with Crippen molar-refractivity contribution in [1.29, 1.82) is 0 Å². The zero-order valence-electron chi connectivity index (χ0n) is 10.9. The van der Waals surface area contributed by atoms with Gasteiger partial charge in [-0.2, -0.15) is 4.98 Å². The summed E-state index contributed by atoms with van der Waals surface area (Å²) < 4.78 is 2.62. The van der Waals surface area contributed by atoms with Gasteiger partial charge in [0, 0.05) is 41.4 Å². The molecule has 0 saturated carbocycles. The highest BCUT2D eigenvalue weighted by Gasteiger charge is 2.21. The summed E-state index contributed by atoms with van der Waals surface area (Å²) in [4.78, 5) is 6.62. The van der Waals surface area contributed by atoms with Crippen LogP contribution in [0.25, 0.3) is 5.69 Å². The molecular weight excluding hydrogens is 369 g/mol. The Morgan fingerprint density at radius 3 is 2.50 bits per heavy atom. The van der Waals surface area contributed by atoms with Gasteiger partial charge in [-0.3, -0.25) is 0 Å². The Bertz CT molecular complexity index is 589. The van der Waals surface area contributed by atoms with Crippen molar-refractivity contribution >= 4 is 34.2 Å². The van der Waals surface area contributed by atoms with E-state index in [1.807, 2.05) is 24.3 Å². The summed E-state index contributed by atoms with van der Waals surface area (Å²) in [6.45, 7) is 1.59. The zero-order valence-corrected chi connectivity index (χ0v) is 13.1. The van der Waals surface area contributed by atoms with E-state index in [0.29, 0.717) is 0 Å². The van der Waals surface area contributed by atoms with E-state index in [4.69, 9.17) is 5.73 Å². The number of aliphatic hydroxyl groups is 1. The van der Waals surface area contributed by atoms with E-state index in [0.717, 1.165) is 47.1 Å². The molecule has 0 atom stereocenters. The molecule has 6 nitrogen and oxygen atoms in total. The second kappa shape index (κ2) is 5.57. The van der Waals surface area contributed by atoms with Crippen molar-refractivity contribution in [3.63, 3.8) is 0 Å². The Morgan fingerprint density at radius 2 is 1.85 bits per heavy atom. The van der Waals surface area contributed by atoms with Crippen LogP contribution in [0, 0.1) is 3.83 Å². The van der Waals surface area contributed by atoms with Crippen LogP contribution in [0.4, 0.5) is 11.6 Å². The minimum absolute atomic E-state index is 0.190. The number of aliphatic hydroxyl groups excluding tert-OH is 1. The van der Waals surface area contributed by atoms with Gasteiger partial charge >= 0.3 is 0 Å². The molecule has 2 aromatic rings. The molecule has 0 spiro atoms. The minimum atomic E-state index is -0.190. The second-order valence-corrected chi connectivity index (χ2v) is 5.87. The number of hydrogen-bond donors (Lipinski definition) is 2. The molecule has 1 aromatic heterocycles. The van der Waals surface area contributed by atoms with E-state index in [-0.39, 0.29) is 6.10 Å². The van der Waals surface area contributed by atoms with Crippen molar-refractivity contribution in [2.24, 2.45) is 0 Å². The molecule has 0 bridgehead atoms. The van der Waals surface area contributed by atoms with E-state index in [9.17, 15) is 5.11 Å². The number of hydrogen-bond acceptors (Lipinski definition) is 5. The number of piperidine rings is 1. The van der Waals surface area contributed by atoms with Crippen LogP contribution in [0.15, 0.2) is 24.3 Å². The van der Waals surface area contributed by atoms with Gasteiger partial charge in [0.1, 0.15) is 0 Å². The second-order valence-electron chi connectivity index (χ2n) is 4.90. The lowest BCUT2D eigenvalue weighted by atomic mass is 10.1. The first-order valence-electron chi connectivity index (χ1n) is 6.55. The van der Waals surface area contributed by atoms with E-state index in [2.05, 4.69) is 37.6 Å². The lowest BCUT2D eigenvalue weighted by Gasteiger charge is -2.28. The fraction of sp³-hybridized carbons (Fsp3) is 0.385. The van der Waals surface area contributed by atoms with Gasteiger partial charge in [-0.25, -0.2) is 4.68 Å². The van der Waals surface area contributed by atoms with E-state index in [1.54, 1.807) is 4.68 Å². The zero-order chi connectivity index (χ0) is 14.1. The Morgan fingerprint density at radius 1 is 1.20 bits per heavy atom. The summed E-state index contributed by atoms with van der Waals surface area (Å²) in [5.74, 6) is 0.720. The molecule has 1 saturated heterocycles. The van der Waals surface area contributed by atoms with Gasteiger partial charge in [0.05, 0.1) is 11.8 Å². The lowest BCUT2D eigenvalue weighted by molar-refractivity contribution is 0.145. The molecule has 0 aliphatic carbocycles. The highest BCUT2D eigenvalue weighted by Crippen LogP contribution is 2.20. The summed E-state index contributed by atoms with van der Waals surface area (Å²) in [5, 5.41) is 14.1. The Kier molecular flexibility index (Phi) is 3.79. The molecule has 3 rings (SSSR count). The van der Waals surface area contributed by atoms with Crippen LogP contribution in [-0.2, 0) is 0 Å². The maximum absolute atomic E-state index is 9.55. The molecular formula is C13H16IN5O. The van der Waals surface area contributed by atoms with E-state index >= 15 is 0 Å². The molecule has 1 aliphatic heterocycles. The fourth-order valence-electron chi connectivity index (χ4n) is 2.26. The van der Waals surface area contributed by atoms with Crippen LogP contribution in [0.5, 0.6) is 0 Å². The molecule has 7 heteroatoms. The first kappa shape index (κ1) is 13.6. The van der Waals surface area contributed by atoms with Gasteiger partial charge < -0.3 is 15.7 Å². The van der Waals surface area contributed by atoms with E-state index < -0.39 is 0 Å². The third kappa shape index (κ3) is 2.73. The van der Waals surface area contributed by atoms with Gasteiger partial charge in [-0.1, -0.05) is 0 Å². The standard InChI is InChI=1S/C13H16IN5O/c14-12-16-13(18-7-5-11(20)6-8-18)17-19(12)10-3-1-9(15)2-4-10/h1-4,11,20H,5-8,15H2. The summed E-state index contributed by atoms with van der Waals surface area (Å²) in [5.41, 5.74) is 7.37. The maximum Gasteiger partial charge on any atom is 0.246 e. The van der Waals surface area contributed by atoms with Gasteiger partial charge in [0.25, 0.3) is 0 Å². The molecule has 20 heavy (non-hydrogen) atoms. The molecule has 0 amide bonds.